The number of aromatic nitrogens is 2. The standard InChI is InChI=1S/C9H11N3O3.CH4O/c13-9(14)7-5-8(11-15)12(10-7)6-3-1-2-4-6;1-2/h5-6H,1-4H2,(H,13,14);2H,1H3/p+1. The average Bonchev–Trinajstić information content (AvgIpc) is 3.00. The molecule has 0 atom stereocenters. The van der Waals surface area contributed by atoms with Gasteiger partial charge in [-0.2, -0.15) is 0 Å². The van der Waals surface area contributed by atoms with Crippen molar-refractivity contribution in [2.24, 2.45) is 5.18 Å². The highest BCUT2D eigenvalue weighted by Gasteiger charge is 2.29. The summed E-state index contributed by atoms with van der Waals surface area (Å²) in [6.45, 7) is 0. The first kappa shape index (κ1) is 13.3. The highest BCUT2D eigenvalue weighted by Crippen LogP contribution is 2.26. The number of nitrogens with one attached hydrogen (secondary N) is 1. The number of nitroso groups, excluding NO2 is 1. The lowest BCUT2D eigenvalue weighted by Gasteiger charge is -2.03. The van der Waals surface area contributed by atoms with Crippen molar-refractivity contribution in [2.45, 2.75) is 31.7 Å². The van der Waals surface area contributed by atoms with Crippen molar-refractivity contribution in [1.29, 1.82) is 0 Å². The maximum Gasteiger partial charge on any atom is 0.395 e. The van der Waals surface area contributed by atoms with Gasteiger partial charge in [0, 0.05) is 7.11 Å². The van der Waals surface area contributed by atoms with E-state index in [9.17, 15) is 9.70 Å². The van der Waals surface area contributed by atoms with E-state index in [1.54, 1.807) is 4.68 Å². The Kier molecular flexibility index (Phi) is 4.77. The molecule has 1 aliphatic carbocycles. The lowest BCUT2D eigenvalue weighted by molar-refractivity contribution is -0.761. The second kappa shape index (κ2) is 6.09. The van der Waals surface area contributed by atoms with Crippen molar-refractivity contribution in [3.8, 4) is 0 Å². The molecule has 1 aliphatic rings. The van der Waals surface area contributed by atoms with E-state index in [-0.39, 0.29) is 17.6 Å². The second-order valence-electron chi connectivity index (χ2n) is 3.73. The SMILES string of the molecule is CO.O=Nc1cc(C(=O)O)[nH][n+]1C1CCCC1. The molecule has 0 spiro atoms. The Hall–Kier alpha value is -1.76. The maximum atomic E-state index is 10.7. The molecule has 1 aromatic rings. The predicted molar refractivity (Wildman–Crippen MR) is 59.0 cm³/mol. The van der Waals surface area contributed by atoms with Crippen LogP contribution in [0.15, 0.2) is 11.2 Å². The molecule has 17 heavy (non-hydrogen) atoms. The summed E-state index contributed by atoms with van der Waals surface area (Å²) in [6, 6.07) is 1.46. The number of carboxylic acids is 1. The molecule has 2 rings (SSSR count). The predicted octanol–water partition coefficient (Wildman–Crippen LogP) is 1.12. The quantitative estimate of drug-likeness (QED) is 0.545. The van der Waals surface area contributed by atoms with Gasteiger partial charge < -0.3 is 10.2 Å². The van der Waals surface area contributed by atoms with Crippen LogP contribution in [-0.2, 0) is 0 Å². The minimum absolute atomic E-state index is 0.0106. The molecule has 1 aromatic heterocycles. The molecule has 1 saturated carbocycles. The van der Waals surface area contributed by atoms with Gasteiger partial charge in [0.2, 0.25) is 5.18 Å². The van der Waals surface area contributed by atoms with E-state index in [2.05, 4.69) is 10.3 Å². The number of H-pyrrole nitrogens is 1. The lowest BCUT2D eigenvalue weighted by atomic mass is 10.2. The topological polar surface area (TPSA) is 107 Å². The zero-order valence-electron chi connectivity index (χ0n) is 9.59. The number of hydrogen-bond donors (Lipinski definition) is 3. The molecule has 0 amide bonds. The zero-order valence-corrected chi connectivity index (χ0v) is 9.59. The summed E-state index contributed by atoms with van der Waals surface area (Å²) in [6.07, 6.45) is 4.15. The third kappa shape index (κ3) is 2.88. The molecule has 3 N–H and O–H groups in total. The van der Waals surface area contributed by atoms with Crippen LogP contribution in [0.4, 0.5) is 5.82 Å². The number of rotatable bonds is 3. The Balaban J connectivity index is 0.000000686. The first-order chi connectivity index (χ1) is 8.22. The third-order valence-corrected chi connectivity index (χ3v) is 2.77. The van der Waals surface area contributed by atoms with Crippen LogP contribution >= 0.6 is 0 Å². The van der Waals surface area contributed by atoms with Gasteiger partial charge in [-0.15, -0.1) is 4.68 Å². The molecule has 0 unspecified atom stereocenters. The van der Waals surface area contributed by atoms with Crippen molar-refractivity contribution < 1.29 is 19.7 Å². The van der Waals surface area contributed by atoms with Crippen molar-refractivity contribution in [3.05, 3.63) is 16.7 Å². The van der Waals surface area contributed by atoms with E-state index in [4.69, 9.17) is 10.2 Å². The highest BCUT2D eigenvalue weighted by molar-refractivity contribution is 5.85. The first-order valence-corrected chi connectivity index (χ1v) is 5.38. The van der Waals surface area contributed by atoms with Crippen LogP contribution in [0, 0.1) is 4.91 Å². The fraction of sp³-hybridized carbons (Fsp3) is 0.600. The molecule has 0 bridgehead atoms. The summed E-state index contributed by atoms with van der Waals surface area (Å²) in [4.78, 5) is 21.2. The summed E-state index contributed by atoms with van der Waals surface area (Å²) in [7, 11) is 1.00. The molecule has 0 aromatic carbocycles. The number of nitrogens with zero attached hydrogens (tertiary/aromatic N) is 2. The van der Waals surface area contributed by atoms with Crippen molar-refractivity contribution in [3.63, 3.8) is 0 Å². The summed E-state index contributed by atoms with van der Waals surface area (Å²) in [5, 5.41) is 21.3. The Labute approximate surface area is 98.0 Å². The smallest absolute Gasteiger partial charge is 0.395 e. The molecule has 1 fully saturated rings. The minimum atomic E-state index is -1.07. The molecule has 7 heteroatoms. The van der Waals surface area contributed by atoms with Gasteiger partial charge in [0.05, 0.1) is 6.07 Å². The fourth-order valence-electron chi connectivity index (χ4n) is 2.04. The molecular formula is C10H16N3O4+. The fourth-order valence-corrected chi connectivity index (χ4v) is 2.04. The summed E-state index contributed by atoms with van der Waals surface area (Å²) >= 11 is 0. The molecule has 0 saturated heterocycles. The van der Waals surface area contributed by atoms with Gasteiger partial charge in [-0.25, -0.2) is 9.89 Å². The molecule has 7 nitrogen and oxygen atoms in total. The summed E-state index contributed by atoms with van der Waals surface area (Å²) in [5.74, 6) is -0.907. The first-order valence-electron chi connectivity index (χ1n) is 5.38. The van der Waals surface area contributed by atoms with Crippen LogP contribution in [-0.4, -0.2) is 28.4 Å². The normalized spacial score (nSPS) is 15.2. The van der Waals surface area contributed by atoms with Gasteiger partial charge in [0.15, 0.2) is 5.69 Å². The number of carboxylic acid groups (broad SMARTS) is 1. The van der Waals surface area contributed by atoms with Crippen molar-refractivity contribution in [2.75, 3.05) is 7.11 Å². The number of carbonyl (C=O) groups is 1. The van der Waals surface area contributed by atoms with Gasteiger partial charge in [-0.1, -0.05) is 0 Å². The van der Waals surface area contributed by atoms with E-state index in [0.717, 1.165) is 32.8 Å². The van der Waals surface area contributed by atoms with E-state index in [0.29, 0.717) is 0 Å². The molecule has 0 aliphatic heterocycles. The molecule has 1 heterocycles. The molecule has 94 valence electrons. The van der Waals surface area contributed by atoms with Gasteiger partial charge in [-0.3, -0.25) is 0 Å². The number of aliphatic hydroxyl groups excluding tert-OH is 1. The van der Waals surface area contributed by atoms with Gasteiger partial charge in [0.25, 0.3) is 0 Å². The average molecular weight is 242 g/mol. The monoisotopic (exact) mass is 242 g/mol. The van der Waals surface area contributed by atoms with Crippen LogP contribution in [0.3, 0.4) is 0 Å². The van der Waals surface area contributed by atoms with Gasteiger partial charge in [-0.05, 0) is 30.6 Å². The third-order valence-electron chi connectivity index (χ3n) is 2.77. The minimum Gasteiger partial charge on any atom is -0.476 e. The van der Waals surface area contributed by atoms with Crippen molar-refractivity contribution >= 4 is 11.8 Å². The van der Waals surface area contributed by atoms with Gasteiger partial charge >= 0.3 is 11.8 Å². The van der Waals surface area contributed by atoms with Crippen molar-refractivity contribution in [1.82, 2.24) is 5.10 Å². The van der Waals surface area contributed by atoms with Crippen LogP contribution in [0.25, 0.3) is 0 Å². The Morgan fingerprint density at radius 2 is 2.06 bits per heavy atom. The number of aliphatic hydroxyl groups is 1. The van der Waals surface area contributed by atoms with Gasteiger partial charge in [0.1, 0.15) is 6.04 Å². The summed E-state index contributed by atoms with van der Waals surface area (Å²) < 4.78 is 1.57. The zero-order chi connectivity index (χ0) is 12.8. The largest absolute Gasteiger partial charge is 0.476 e. The highest BCUT2D eigenvalue weighted by atomic mass is 16.4. The Morgan fingerprint density at radius 3 is 2.53 bits per heavy atom. The molecule has 0 radical (unpaired) electrons. The van der Waals surface area contributed by atoms with Crippen LogP contribution in [0.1, 0.15) is 42.2 Å². The molecular weight excluding hydrogens is 226 g/mol. The van der Waals surface area contributed by atoms with Crippen LogP contribution in [0.5, 0.6) is 0 Å². The Morgan fingerprint density at radius 1 is 1.47 bits per heavy atom. The van der Waals surface area contributed by atoms with E-state index in [1.807, 2.05) is 0 Å². The van der Waals surface area contributed by atoms with E-state index in [1.165, 1.54) is 6.07 Å². The number of aromatic carboxylic acids is 1. The maximum absolute atomic E-state index is 10.7. The summed E-state index contributed by atoms with van der Waals surface area (Å²) in [5.41, 5.74) is 0.0106. The van der Waals surface area contributed by atoms with E-state index < -0.39 is 5.97 Å². The van der Waals surface area contributed by atoms with E-state index >= 15 is 0 Å². The number of aromatic amines is 1. The Bertz CT molecular complexity index is 396. The second-order valence-corrected chi connectivity index (χ2v) is 3.73. The van der Waals surface area contributed by atoms with Crippen LogP contribution < -0.4 is 4.68 Å². The lowest BCUT2D eigenvalue weighted by Crippen LogP contribution is -2.40. The van der Waals surface area contributed by atoms with Crippen LogP contribution in [0.2, 0.25) is 0 Å². The number of hydrogen-bond acceptors (Lipinski definition) is 4.